The molecule has 0 saturated carbocycles. The van der Waals surface area contributed by atoms with Crippen molar-refractivity contribution >= 4 is 60.8 Å². The number of carboxylic acid groups (broad SMARTS) is 1. The molecule has 186 valence electrons. The summed E-state index contributed by atoms with van der Waals surface area (Å²) < 4.78 is 0. The summed E-state index contributed by atoms with van der Waals surface area (Å²) in [7, 11) is 0. The van der Waals surface area contributed by atoms with Gasteiger partial charge in [-0.2, -0.15) is 0 Å². The van der Waals surface area contributed by atoms with E-state index in [1.165, 1.54) is 89.2 Å². The number of aliphatic carboxylic acids is 1. The zero-order chi connectivity index (χ0) is 23.4. The van der Waals surface area contributed by atoms with Gasteiger partial charge in [0.1, 0.15) is 11.8 Å². The molecule has 6 heteroatoms. The van der Waals surface area contributed by atoms with Gasteiger partial charge in [0, 0.05) is 12.8 Å². The molecule has 0 heterocycles. The van der Waals surface area contributed by atoms with E-state index < -0.39 is 12.0 Å². The molecule has 5 nitrogen and oxygen atoms in total. The van der Waals surface area contributed by atoms with Crippen LogP contribution in [-0.4, -0.2) is 77.0 Å². The van der Waals surface area contributed by atoms with Gasteiger partial charge in [0.2, 0.25) is 5.91 Å². The quantitative estimate of drug-likeness (QED) is 0.132. The Balaban J connectivity index is 0.0000102. The zero-order valence-electron chi connectivity index (χ0n) is 20.1. The molecule has 1 unspecified atom stereocenters. The van der Waals surface area contributed by atoms with Crippen LogP contribution in [0.4, 0.5) is 0 Å². The van der Waals surface area contributed by atoms with Gasteiger partial charge in [-0.25, -0.2) is 4.79 Å². The third kappa shape index (κ3) is 18.5. The van der Waals surface area contributed by atoms with Crippen LogP contribution in [0.2, 0.25) is 0 Å². The van der Waals surface area contributed by atoms with Crippen LogP contribution in [-0.2, 0) is 16.0 Å². The first-order chi connectivity index (χ1) is 15.5. The monoisotopic (exact) mass is 587 g/mol. The van der Waals surface area contributed by atoms with Crippen molar-refractivity contribution < 1.29 is 19.8 Å². The van der Waals surface area contributed by atoms with Crippen molar-refractivity contribution in [3.05, 3.63) is 29.8 Å². The average molecular weight is 587 g/mol. The number of hydrogen-bond donors (Lipinski definition) is 3. The first-order valence-electron chi connectivity index (χ1n) is 12.8. The van der Waals surface area contributed by atoms with Crippen molar-refractivity contribution in [2.45, 2.75) is 122 Å². The molecule has 0 aromatic heterocycles. The van der Waals surface area contributed by atoms with Gasteiger partial charge in [-0.3, -0.25) is 4.79 Å². The number of carboxylic acids is 1. The summed E-state index contributed by atoms with van der Waals surface area (Å²) in [4.78, 5) is 23.6. The van der Waals surface area contributed by atoms with Gasteiger partial charge in [0.25, 0.3) is 0 Å². The van der Waals surface area contributed by atoms with Crippen molar-refractivity contribution in [1.29, 1.82) is 0 Å². The van der Waals surface area contributed by atoms with Crippen LogP contribution < -0.4 is 5.32 Å². The third-order valence-electron chi connectivity index (χ3n) is 6.02. The zero-order valence-corrected chi connectivity index (χ0v) is 20.1. The van der Waals surface area contributed by atoms with Crippen molar-refractivity contribution in [2.24, 2.45) is 0 Å². The number of carbonyl (C=O) groups is 2. The number of amides is 1. The summed E-state index contributed by atoms with van der Waals surface area (Å²) >= 11 is 0. The van der Waals surface area contributed by atoms with Gasteiger partial charge in [-0.15, -0.1) is 0 Å². The molecule has 1 atom stereocenters. The van der Waals surface area contributed by atoms with Gasteiger partial charge in [0.05, 0.1) is 0 Å². The predicted molar refractivity (Wildman–Crippen MR) is 139 cm³/mol. The summed E-state index contributed by atoms with van der Waals surface area (Å²) in [5, 5.41) is 21.3. The average Bonchev–Trinajstić information content (AvgIpc) is 2.77. The number of benzene rings is 1. The molecule has 0 spiro atoms. The second-order valence-corrected chi connectivity index (χ2v) is 9.03. The van der Waals surface area contributed by atoms with E-state index in [0.29, 0.717) is 6.42 Å². The van der Waals surface area contributed by atoms with Crippen molar-refractivity contribution in [2.75, 3.05) is 0 Å². The SMILES string of the molecule is CCCCCCCCCCCCCCCCCC(=O)NC(Cc1ccc(O)cc1)C(=O)O.[BaH2]. The normalized spacial score (nSPS) is 11.5. The molecule has 0 fully saturated rings. The Morgan fingerprint density at radius 3 is 1.61 bits per heavy atom. The third-order valence-corrected chi connectivity index (χ3v) is 6.02. The minimum absolute atomic E-state index is 0. The van der Waals surface area contributed by atoms with Crippen LogP contribution in [0.5, 0.6) is 5.75 Å². The molecule has 0 aliphatic carbocycles. The Kier molecular flexibility index (Phi) is 21.7. The second kappa shape index (κ2) is 22.0. The molecule has 0 radical (unpaired) electrons. The Hall–Kier alpha value is -0.469. The van der Waals surface area contributed by atoms with E-state index in [1.807, 2.05) is 0 Å². The molecule has 3 N–H and O–H groups in total. The van der Waals surface area contributed by atoms with Crippen molar-refractivity contribution in [3.63, 3.8) is 0 Å². The predicted octanol–water partition coefficient (Wildman–Crippen LogP) is 5.85. The van der Waals surface area contributed by atoms with Gasteiger partial charge in [-0.1, -0.05) is 109 Å². The number of unbranched alkanes of at least 4 members (excludes halogenated alkanes) is 14. The fourth-order valence-electron chi connectivity index (χ4n) is 3.99. The fraction of sp³-hybridized carbons (Fsp3) is 0.704. The summed E-state index contributed by atoms with van der Waals surface area (Å²) in [6, 6.07) is 5.44. The molecule has 1 aromatic rings. The summed E-state index contributed by atoms with van der Waals surface area (Å²) in [5.74, 6) is -1.10. The van der Waals surface area contributed by atoms with Crippen LogP contribution in [0.25, 0.3) is 0 Å². The van der Waals surface area contributed by atoms with Gasteiger partial charge >= 0.3 is 54.9 Å². The maximum absolute atomic E-state index is 12.1. The minimum atomic E-state index is -1.04. The molecule has 33 heavy (non-hydrogen) atoms. The van der Waals surface area contributed by atoms with Gasteiger partial charge < -0.3 is 15.5 Å². The standard InChI is InChI=1S/C27H45NO4.Ba.2H/c1-2-3-4-5-6-7-8-9-10-11-12-13-14-15-16-17-26(30)28-25(27(31)32)22-23-18-20-24(29)21-19-23;;;/h18-21,25,29H,2-17,22H2,1H3,(H,28,30)(H,31,32);;;. The summed E-state index contributed by atoms with van der Waals surface area (Å²) in [6.45, 7) is 2.26. The number of hydrogen-bond acceptors (Lipinski definition) is 3. The number of phenolic OH excluding ortho intramolecular Hbond substituents is 1. The van der Waals surface area contributed by atoms with E-state index in [4.69, 9.17) is 0 Å². The summed E-state index contributed by atoms with van der Waals surface area (Å²) in [5.41, 5.74) is 0.766. The molecule has 0 aliphatic heterocycles. The van der Waals surface area contributed by atoms with Crippen LogP contribution in [0, 0.1) is 0 Å². The number of aromatic hydroxyl groups is 1. The molecular weight excluding hydrogens is 540 g/mol. The van der Waals surface area contributed by atoms with E-state index in [2.05, 4.69) is 12.2 Å². The van der Waals surface area contributed by atoms with E-state index >= 15 is 0 Å². The number of phenols is 1. The molecule has 0 saturated heterocycles. The van der Waals surface area contributed by atoms with Gasteiger partial charge in [-0.05, 0) is 24.1 Å². The number of nitrogens with one attached hydrogen (secondary N) is 1. The van der Waals surface area contributed by atoms with E-state index in [-0.39, 0.29) is 67.0 Å². The van der Waals surface area contributed by atoms with Crippen LogP contribution in [0.3, 0.4) is 0 Å². The maximum atomic E-state index is 12.1. The molecule has 1 aromatic carbocycles. The van der Waals surface area contributed by atoms with E-state index in [0.717, 1.165) is 24.8 Å². The number of carbonyl (C=O) groups excluding carboxylic acids is 1. The molecule has 0 bridgehead atoms. The van der Waals surface area contributed by atoms with E-state index in [1.54, 1.807) is 12.1 Å². The molecule has 0 aliphatic rings. The second-order valence-electron chi connectivity index (χ2n) is 9.03. The van der Waals surface area contributed by atoms with E-state index in [9.17, 15) is 19.8 Å². The van der Waals surface area contributed by atoms with Crippen LogP contribution in [0.1, 0.15) is 115 Å². The first-order valence-corrected chi connectivity index (χ1v) is 12.8. The van der Waals surface area contributed by atoms with Gasteiger partial charge in [0.15, 0.2) is 0 Å². The Labute approximate surface area is 241 Å². The Bertz CT molecular complexity index is 621. The summed E-state index contributed by atoms with van der Waals surface area (Å²) in [6.07, 6.45) is 19.7. The van der Waals surface area contributed by atoms with Crippen molar-refractivity contribution in [1.82, 2.24) is 5.32 Å². The fourth-order valence-corrected chi connectivity index (χ4v) is 3.99. The molecule has 1 rings (SSSR count). The number of rotatable bonds is 20. The molecule has 1 amide bonds. The van der Waals surface area contributed by atoms with Crippen LogP contribution >= 0.6 is 0 Å². The Morgan fingerprint density at radius 2 is 1.18 bits per heavy atom. The first kappa shape index (κ1) is 32.5. The Morgan fingerprint density at radius 1 is 0.758 bits per heavy atom. The topological polar surface area (TPSA) is 86.6 Å². The molecular formula is C27H47BaNO4. The van der Waals surface area contributed by atoms with Crippen LogP contribution in [0.15, 0.2) is 24.3 Å². The van der Waals surface area contributed by atoms with Crippen molar-refractivity contribution in [3.8, 4) is 5.75 Å².